The van der Waals surface area contributed by atoms with Gasteiger partial charge in [-0.05, 0) is 32.4 Å². The zero-order chi connectivity index (χ0) is 20.5. The third-order valence-corrected chi connectivity index (χ3v) is 6.12. The molecule has 0 spiro atoms. The van der Waals surface area contributed by atoms with Crippen molar-refractivity contribution >= 4 is 27.2 Å². The van der Waals surface area contributed by atoms with Crippen LogP contribution in [0, 0.1) is 17.0 Å². The number of sulfone groups is 1. The number of nitro groups is 1. The number of aryl methyl sites for hydroxylation is 1. The SMILES string of the molecule is CCOc1ccc(C(=O)Nc2cc(C)nn2C2CCS(=O)(=O)C2)cc1[N+](=O)[O-]. The Morgan fingerprint density at radius 2 is 2.18 bits per heavy atom. The van der Waals surface area contributed by atoms with Crippen LogP contribution in [0.2, 0.25) is 0 Å². The Bertz CT molecular complexity index is 1030. The molecule has 11 heteroatoms. The zero-order valence-corrected chi connectivity index (χ0v) is 16.2. The highest BCUT2D eigenvalue weighted by molar-refractivity contribution is 7.91. The third kappa shape index (κ3) is 4.14. The fourth-order valence-electron chi connectivity index (χ4n) is 3.12. The number of nitrogens with one attached hydrogen (secondary N) is 1. The van der Waals surface area contributed by atoms with E-state index in [2.05, 4.69) is 10.4 Å². The molecular formula is C17H20N4O6S. The van der Waals surface area contributed by atoms with Gasteiger partial charge in [-0.25, -0.2) is 13.1 Å². The van der Waals surface area contributed by atoms with Gasteiger partial charge in [0.2, 0.25) is 0 Å². The lowest BCUT2D eigenvalue weighted by Crippen LogP contribution is -2.19. The fraction of sp³-hybridized carbons (Fsp3) is 0.412. The Hall–Kier alpha value is -2.95. The number of ether oxygens (including phenoxy) is 1. The van der Waals surface area contributed by atoms with Crippen molar-refractivity contribution in [3.63, 3.8) is 0 Å². The summed E-state index contributed by atoms with van der Waals surface area (Å²) in [5.41, 5.74) is 0.401. The Morgan fingerprint density at radius 3 is 2.79 bits per heavy atom. The third-order valence-electron chi connectivity index (χ3n) is 4.37. The van der Waals surface area contributed by atoms with Crippen LogP contribution < -0.4 is 10.1 Å². The minimum atomic E-state index is -3.12. The van der Waals surface area contributed by atoms with Crippen LogP contribution in [0.5, 0.6) is 5.75 Å². The molecule has 1 saturated heterocycles. The highest BCUT2D eigenvalue weighted by Crippen LogP contribution is 2.30. The van der Waals surface area contributed by atoms with Crippen LogP contribution in [-0.4, -0.2) is 47.1 Å². The second-order valence-corrected chi connectivity index (χ2v) is 8.73. The quantitative estimate of drug-likeness (QED) is 0.571. The van der Waals surface area contributed by atoms with Crippen LogP contribution in [0.4, 0.5) is 11.5 Å². The summed E-state index contributed by atoms with van der Waals surface area (Å²) in [6.07, 6.45) is 0.418. The molecule has 150 valence electrons. The van der Waals surface area contributed by atoms with Crippen molar-refractivity contribution in [1.29, 1.82) is 0 Å². The zero-order valence-electron chi connectivity index (χ0n) is 15.4. The molecule has 1 aromatic carbocycles. The van der Waals surface area contributed by atoms with E-state index in [4.69, 9.17) is 4.74 Å². The number of hydrogen-bond donors (Lipinski definition) is 1. The molecule has 1 unspecified atom stereocenters. The highest BCUT2D eigenvalue weighted by atomic mass is 32.2. The van der Waals surface area contributed by atoms with E-state index in [1.54, 1.807) is 19.9 Å². The summed E-state index contributed by atoms with van der Waals surface area (Å²) >= 11 is 0. The van der Waals surface area contributed by atoms with Gasteiger partial charge in [-0.15, -0.1) is 0 Å². The number of rotatable bonds is 6. The molecule has 0 radical (unpaired) electrons. The number of nitrogens with zero attached hydrogens (tertiary/aromatic N) is 3. The van der Waals surface area contributed by atoms with Crippen molar-refractivity contribution in [2.75, 3.05) is 23.4 Å². The molecule has 1 aliphatic rings. The average molecular weight is 408 g/mol. The summed E-state index contributed by atoms with van der Waals surface area (Å²) in [4.78, 5) is 23.3. The maximum atomic E-state index is 12.6. The maximum Gasteiger partial charge on any atom is 0.311 e. The van der Waals surface area contributed by atoms with Gasteiger partial charge in [-0.2, -0.15) is 5.10 Å². The Balaban J connectivity index is 1.86. The van der Waals surface area contributed by atoms with Crippen LogP contribution in [-0.2, 0) is 9.84 Å². The lowest BCUT2D eigenvalue weighted by atomic mass is 10.1. The molecule has 1 aromatic heterocycles. The van der Waals surface area contributed by atoms with Gasteiger partial charge >= 0.3 is 5.69 Å². The van der Waals surface area contributed by atoms with Crippen molar-refractivity contribution in [2.45, 2.75) is 26.3 Å². The minimum Gasteiger partial charge on any atom is -0.487 e. The van der Waals surface area contributed by atoms with E-state index in [1.165, 1.54) is 16.8 Å². The van der Waals surface area contributed by atoms with E-state index < -0.39 is 20.7 Å². The molecule has 1 atom stereocenters. The summed E-state index contributed by atoms with van der Waals surface area (Å²) in [6, 6.07) is 5.23. The molecule has 1 N–H and O–H groups in total. The number of carbonyl (C=O) groups is 1. The predicted molar refractivity (Wildman–Crippen MR) is 101 cm³/mol. The highest BCUT2D eigenvalue weighted by Gasteiger charge is 2.31. The number of aromatic nitrogens is 2. The van der Waals surface area contributed by atoms with Crippen LogP contribution in [0.25, 0.3) is 0 Å². The van der Waals surface area contributed by atoms with Gasteiger partial charge in [-0.1, -0.05) is 0 Å². The molecule has 2 heterocycles. The largest absolute Gasteiger partial charge is 0.487 e. The van der Waals surface area contributed by atoms with Gasteiger partial charge in [0.25, 0.3) is 5.91 Å². The van der Waals surface area contributed by atoms with E-state index >= 15 is 0 Å². The van der Waals surface area contributed by atoms with E-state index in [1.807, 2.05) is 0 Å². The van der Waals surface area contributed by atoms with Crippen LogP contribution in [0.1, 0.15) is 35.4 Å². The molecule has 2 aromatic rings. The first kappa shape index (κ1) is 19.8. The van der Waals surface area contributed by atoms with Crippen molar-refractivity contribution in [3.05, 3.63) is 45.6 Å². The predicted octanol–water partition coefficient (Wildman–Crippen LogP) is 2.11. The van der Waals surface area contributed by atoms with Crippen molar-refractivity contribution < 1.29 is 22.9 Å². The van der Waals surface area contributed by atoms with Crippen molar-refractivity contribution in [1.82, 2.24) is 9.78 Å². The number of benzene rings is 1. The molecule has 3 rings (SSSR count). The normalized spacial score (nSPS) is 18.0. The first-order chi connectivity index (χ1) is 13.2. The average Bonchev–Trinajstić information content (AvgIpc) is 3.16. The summed E-state index contributed by atoms with van der Waals surface area (Å²) < 4.78 is 30.2. The van der Waals surface area contributed by atoms with Gasteiger partial charge in [0, 0.05) is 17.7 Å². The van der Waals surface area contributed by atoms with E-state index in [0.717, 1.165) is 6.07 Å². The molecule has 10 nitrogen and oxygen atoms in total. The standard InChI is InChI=1S/C17H20N4O6S/c1-3-27-15-5-4-12(9-14(15)21(23)24)17(22)18-16-8-11(2)19-20(16)13-6-7-28(25,26)10-13/h4-5,8-9,13H,3,6-7,10H2,1-2H3,(H,18,22). The molecule has 0 saturated carbocycles. The molecule has 1 aliphatic heterocycles. The number of anilines is 1. The van der Waals surface area contributed by atoms with Gasteiger partial charge in [0.15, 0.2) is 15.6 Å². The van der Waals surface area contributed by atoms with Crippen molar-refractivity contribution in [2.24, 2.45) is 0 Å². The van der Waals surface area contributed by atoms with Crippen LogP contribution in [0.3, 0.4) is 0 Å². The number of amides is 1. The number of carbonyl (C=O) groups excluding carboxylic acids is 1. The van der Waals surface area contributed by atoms with E-state index in [9.17, 15) is 23.3 Å². The topological polar surface area (TPSA) is 133 Å². The fourth-order valence-corrected chi connectivity index (χ4v) is 4.82. The summed E-state index contributed by atoms with van der Waals surface area (Å²) in [5.74, 6) is -0.0870. The first-order valence-electron chi connectivity index (χ1n) is 8.69. The second kappa shape index (κ2) is 7.58. The molecule has 0 aliphatic carbocycles. The van der Waals surface area contributed by atoms with E-state index in [-0.39, 0.29) is 41.2 Å². The summed E-state index contributed by atoms with van der Waals surface area (Å²) in [6.45, 7) is 3.70. The van der Waals surface area contributed by atoms with Crippen molar-refractivity contribution in [3.8, 4) is 5.75 Å². The molecule has 28 heavy (non-hydrogen) atoms. The molecule has 0 bridgehead atoms. The molecule has 1 fully saturated rings. The minimum absolute atomic E-state index is 0.0362. The first-order valence-corrected chi connectivity index (χ1v) is 10.5. The summed E-state index contributed by atoms with van der Waals surface area (Å²) in [7, 11) is -3.12. The number of nitro benzene ring substituents is 1. The van der Waals surface area contributed by atoms with Gasteiger partial charge in [0.05, 0.1) is 34.8 Å². The molecule has 1 amide bonds. The maximum absolute atomic E-state index is 12.6. The van der Waals surface area contributed by atoms with Gasteiger partial charge in [0.1, 0.15) is 5.82 Å². The molecular weight excluding hydrogens is 388 g/mol. The number of hydrogen-bond acceptors (Lipinski definition) is 7. The Labute approximate surface area is 161 Å². The lowest BCUT2D eigenvalue weighted by Gasteiger charge is -2.14. The summed E-state index contributed by atoms with van der Waals surface area (Å²) in [5, 5.41) is 18.2. The van der Waals surface area contributed by atoms with Crippen LogP contribution >= 0.6 is 0 Å². The van der Waals surface area contributed by atoms with Gasteiger partial charge in [-0.3, -0.25) is 14.9 Å². The second-order valence-electron chi connectivity index (χ2n) is 6.50. The lowest BCUT2D eigenvalue weighted by molar-refractivity contribution is -0.385. The Morgan fingerprint density at radius 1 is 1.43 bits per heavy atom. The Kier molecular flexibility index (Phi) is 5.36. The van der Waals surface area contributed by atoms with E-state index in [0.29, 0.717) is 17.9 Å². The smallest absolute Gasteiger partial charge is 0.311 e. The van der Waals surface area contributed by atoms with Crippen LogP contribution in [0.15, 0.2) is 24.3 Å². The monoisotopic (exact) mass is 408 g/mol. The van der Waals surface area contributed by atoms with Gasteiger partial charge < -0.3 is 10.1 Å².